The van der Waals surface area contributed by atoms with Crippen LogP contribution in [0.25, 0.3) is 0 Å². The maximum absolute atomic E-state index is 11.6. The first kappa shape index (κ1) is 18.2. The van der Waals surface area contributed by atoms with Gasteiger partial charge in [0.05, 0.1) is 4.90 Å². The van der Waals surface area contributed by atoms with Crippen LogP contribution in [0.5, 0.6) is 5.75 Å². The topological polar surface area (TPSA) is 49.9 Å². The van der Waals surface area contributed by atoms with Crippen molar-refractivity contribution in [1.82, 2.24) is 9.80 Å². The van der Waals surface area contributed by atoms with Gasteiger partial charge in [-0.1, -0.05) is 13.0 Å². The second kappa shape index (κ2) is 8.66. The van der Waals surface area contributed by atoms with Crippen LogP contribution in [0.1, 0.15) is 19.8 Å². The summed E-state index contributed by atoms with van der Waals surface area (Å²) < 4.78 is 28.9. The van der Waals surface area contributed by atoms with Crippen molar-refractivity contribution in [3.63, 3.8) is 0 Å². The number of benzene rings is 1. The highest BCUT2D eigenvalue weighted by atomic mass is 32.2. The molecular formula is C17H28N2O3S. The maximum atomic E-state index is 11.6. The molecule has 0 spiro atoms. The van der Waals surface area contributed by atoms with E-state index < -0.39 is 9.84 Å². The summed E-state index contributed by atoms with van der Waals surface area (Å²) >= 11 is 0. The lowest BCUT2D eigenvalue weighted by molar-refractivity contribution is 0.208. The second-order valence-electron chi connectivity index (χ2n) is 6.13. The average molecular weight is 340 g/mol. The number of rotatable bonds is 7. The Labute approximate surface area is 140 Å². The molecule has 2 rings (SSSR count). The Hall–Kier alpha value is -1.11. The van der Waals surface area contributed by atoms with Gasteiger partial charge < -0.3 is 9.64 Å². The summed E-state index contributed by atoms with van der Waals surface area (Å²) in [7, 11) is -3.18. The summed E-state index contributed by atoms with van der Waals surface area (Å²) in [6.07, 6.45) is 3.62. The molecule has 0 saturated carbocycles. The third-order valence-electron chi connectivity index (χ3n) is 4.13. The highest BCUT2D eigenvalue weighted by molar-refractivity contribution is 7.90. The minimum absolute atomic E-state index is 0.306. The Bertz CT molecular complexity index is 589. The van der Waals surface area contributed by atoms with Gasteiger partial charge >= 0.3 is 0 Å². The minimum atomic E-state index is -3.18. The third-order valence-corrected chi connectivity index (χ3v) is 5.24. The van der Waals surface area contributed by atoms with Gasteiger partial charge in [0.2, 0.25) is 0 Å². The Balaban J connectivity index is 1.79. The molecule has 1 aromatic carbocycles. The van der Waals surface area contributed by atoms with Crippen molar-refractivity contribution in [1.29, 1.82) is 0 Å². The van der Waals surface area contributed by atoms with Crippen molar-refractivity contribution in [2.45, 2.75) is 24.7 Å². The number of hydrogen-bond donors (Lipinski definition) is 0. The van der Waals surface area contributed by atoms with E-state index in [2.05, 4.69) is 16.7 Å². The zero-order valence-corrected chi connectivity index (χ0v) is 15.0. The standard InChI is InChI=1S/C17H28N2O3S/c1-3-8-18-9-5-10-19(12-11-18)13-14-22-16-6-4-7-17(15-16)23(2,20)21/h4,6-7,15H,3,5,8-14H2,1-2H3. The fourth-order valence-corrected chi connectivity index (χ4v) is 3.53. The van der Waals surface area contributed by atoms with Crippen LogP contribution in [0.4, 0.5) is 0 Å². The second-order valence-corrected chi connectivity index (χ2v) is 8.15. The molecule has 1 aliphatic heterocycles. The molecule has 0 aliphatic carbocycles. The first-order chi connectivity index (χ1) is 11.0. The van der Waals surface area contributed by atoms with Crippen molar-refractivity contribution < 1.29 is 13.2 Å². The highest BCUT2D eigenvalue weighted by Gasteiger charge is 2.14. The Kier molecular flexibility index (Phi) is 6.87. The zero-order valence-electron chi connectivity index (χ0n) is 14.2. The fourth-order valence-electron chi connectivity index (χ4n) is 2.88. The van der Waals surface area contributed by atoms with Crippen LogP contribution >= 0.6 is 0 Å². The Morgan fingerprint density at radius 1 is 1.09 bits per heavy atom. The SMILES string of the molecule is CCCN1CCCN(CCOc2cccc(S(C)(=O)=O)c2)CC1. The van der Waals surface area contributed by atoms with Gasteiger partial charge in [-0.05, 0) is 50.7 Å². The number of nitrogens with zero attached hydrogens (tertiary/aromatic N) is 2. The van der Waals surface area contributed by atoms with Gasteiger partial charge in [-0.15, -0.1) is 0 Å². The molecule has 5 nitrogen and oxygen atoms in total. The van der Waals surface area contributed by atoms with Gasteiger partial charge in [0, 0.05) is 25.9 Å². The molecule has 0 N–H and O–H groups in total. The lowest BCUT2D eigenvalue weighted by Gasteiger charge is -2.21. The summed E-state index contributed by atoms with van der Waals surface area (Å²) in [5, 5.41) is 0. The van der Waals surface area contributed by atoms with Crippen LogP contribution in [-0.2, 0) is 9.84 Å². The lowest BCUT2D eigenvalue weighted by atomic mass is 10.3. The van der Waals surface area contributed by atoms with E-state index in [1.807, 2.05) is 0 Å². The number of hydrogen-bond acceptors (Lipinski definition) is 5. The average Bonchev–Trinajstić information content (AvgIpc) is 2.73. The molecule has 1 aromatic rings. The molecule has 1 fully saturated rings. The molecule has 0 bridgehead atoms. The van der Waals surface area contributed by atoms with Crippen LogP contribution in [0.3, 0.4) is 0 Å². The van der Waals surface area contributed by atoms with Gasteiger partial charge in [0.1, 0.15) is 12.4 Å². The normalized spacial score (nSPS) is 17.8. The summed E-state index contributed by atoms with van der Waals surface area (Å²) in [5.74, 6) is 0.621. The van der Waals surface area contributed by atoms with E-state index >= 15 is 0 Å². The van der Waals surface area contributed by atoms with Crippen molar-refractivity contribution in [2.75, 3.05) is 52.1 Å². The van der Waals surface area contributed by atoms with E-state index in [0.717, 1.165) is 26.2 Å². The van der Waals surface area contributed by atoms with E-state index in [1.54, 1.807) is 24.3 Å². The quantitative estimate of drug-likeness (QED) is 0.759. The smallest absolute Gasteiger partial charge is 0.175 e. The largest absolute Gasteiger partial charge is 0.492 e. The summed E-state index contributed by atoms with van der Waals surface area (Å²) in [6, 6.07) is 6.72. The van der Waals surface area contributed by atoms with E-state index in [4.69, 9.17) is 4.74 Å². The van der Waals surface area contributed by atoms with Gasteiger partial charge in [0.25, 0.3) is 0 Å². The van der Waals surface area contributed by atoms with Crippen molar-refractivity contribution in [3.8, 4) is 5.75 Å². The van der Waals surface area contributed by atoms with E-state index in [-0.39, 0.29) is 0 Å². The van der Waals surface area contributed by atoms with Crippen molar-refractivity contribution in [3.05, 3.63) is 24.3 Å². The molecular weight excluding hydrogens is 312 g/mol. The van der Waals surface area contributed by atoms with Gasteiger partial charge in [-0.2, -0.15) is 0 Å². The first-order valence-electron chi connectivity index (χ1n) is 8.36. The lowest BCUT2D eigenvalue weighted by Crippen LogP contribution is -2.33. The van der Waals surface area contributed by atoms with Crippen LogP contribution in [0, 0.1) is 0 Å². The van der Waals surface area contributed by atoms with E-state index in [9.17, 15) is 8.42 Å². The molecule has 1 saturated heterocycles. The Morgan fingerprint density at radius 3 is 2.43 bits per heavy atom. The van der Waals surface area contributed by atoms with Crippen molar-refractivity contribution >= 4 is 9.84 Å². The summed E-state index contributed by atoms with van der Waals surface area (Å²) in [4.78, 5) is 5.26. The minimum Gasteiger partial charge on any atom is -0.492 e. The molecule has 0 atom stereocenters. The summed E-state index contributed by atoms with van der Waals surface area (Å²) in [5.41, 5.74) is 0. The Morgan fingerprint density at radius 2 is 1.78 bits per heavy atom. The molecule has 0 unspecified atom stereocenters. The monoisotopic (exact) mass is 340 g/mol. The van der Waals surface area contributed by atoms with Gasteiger partial charge in [-0.3, -0.25) is 4.90 Å². The van der Waals surface area contributed by atoms with Gasteiger partial charge in [-0.25, -0.2) is 8.42 Å². The third kappa shape index (κ3) is 6.12. The molecule has 6 heteroatoms. The zero-order chi connectivity index (χ0) is 16.7. The predicted octanol–water partition coefficient (Wildman–Crippen LogP) is 1.89. The fraction of sp³-hybridized carbons (Fsp3) is 0.647. The van der Waals surface area contributed by atoms with Gasteiger partial charge in [0.15, 0.2) is 9.84 Å². The highest BCUT2D eigenvalue weighted by Crippen LogP contribution is 2.17. The van der Waals surface area contributed by atoms with Crippen LogP contribution in [0.15, 0.2) is 29.2 Å². The number of ether oxygens (including phenoxy) is 1. The molecule has 0 radical (unpaired) electrons. The van der Waals surface area contributed by atoms with E-state index in [1.165, 1.54) is 32.2 Å². The van der Waals surface area contributed by atoms with Crippen LogP contribution in [-0.4, -0.2) is 70.3 Å². The molecule has 130 valence electrons. The molecule has 23 heavy (non-hydrogen) atoms. The van der Waals surface area contributed by atoms with Crippen molar-refractivity contribution in [2.24, 2.45) is 0 Å². The maximum Gasteiger partial charge on any atom is 0.175 e. The molecule has 0 aromatic heterocycles. The first-order valence-corrected chi connectivity index (χ1v) is 10.3. The molecule has 1 aliphatic rings. The van der Waals surface area contributed by atoms with Crippen LogP contribution in [0.2, 0.25) is 0 Å². The predicted molar refractivity (Wildman–Crippen MR) is 92.8 cm³/mol. The van der Waals surface area contributed by atoms with E-state index in [0.29, 0.717) is 17.3 Å². The molecule has 1 heterocycles. The summed E-state index contributed by atoms with van der Waals surface area (Å²) in [6.45, 7) is 9.35. The number of sulfone groups is 1. The molecule has 0 amide bonds. The van der Waals surface area contributed by atoms with Crippen LogP contribution < -0.4 is 4.74 Å².